The third-order valence-corrected chi connectivity index (χ3v) is 9.51. The summed E-state index contributed by atoms with van der Waals surface area (Å²) in [6.45, 7) is 4.30. The Bertz CT molecular complexity index is 1170. The van der Waals surface area contributed by atoms with Crippen molar-refractivity contribution in [3.63, 3.8) is 0 Å². The zero-order valence-electron chi connectivity index (χ0n) is 21.1. The first-order chi connectivity index (χ1) is 17.1. The molecule has 0 saturated heterocycles. The van der Waals surface area contributed by atoms with Gasteiger partial charge in [-0.3, -0.25) is 0 Å². The Hall–Kier alpha value is -2.30. The molecular formula is C26H34FNO6S2. The number of anilines is 2. The fraction of sp³-hybridized carbons (Fsp3) is 0.500. The van der Waals surface area contributed by atoms with Crippen LogP contribution in [-0.2, 0) is 19.4 Å². The molecule has 10 heteroatoms. The molecule has 0 radical (unpaired) electrons. The van der Waals surface area contributed by atoms with E-state index in [1.165, 1.54) is 37.1 Å². The fourth-order valence-corrected chi connectivity index (χ4v) is 7.28. The number of fused-ring (bicyclic) bond motifs is 1. The summed E-state index contributed by atoms with van der Waals surface area (Å²) >= 11 is 1.37. The van der Waals surface area contributed by atoms with Crippen molar-refractivity contribution in [3.8, 4) is 5.75 Å². The monoisotopic (exact) mass is 539 g/mol. The molecule has 3 rings (SSSR count). The van der Waals surface area contributed by atoms with Crippen LogP contribution in [0.2, 0.25) is 0 Å². The number of hydrogen-bond donors (Lipinski definition) is 1. The Kier molecular flexibility index (Phi) is 9.29. The Morgan fingerprint density at radius 2 is 1.94 bits per heavy atom. The van der Waals surface area contributed by atoms with E-state index >= 15 is 0 Å². The van der Waals surface area contributed by atoms with Crippen molar-refractivity contribution in [1.82, 2.24) is 0 Å². The highest BCUT2D eigenvalue weighted by Crippen LogP contribution is 2.47. The topological polar surface area (TPSA) is 93.1 Å². The molecule has 2 aromatic carbocycles. The molecule has 7 nitrogen and oxygen atoms in total. The van der Waals surface area contributed by atoms with Gasteiger partial charge in [-0.15, -0.1) is 11.8 Å². The van der Waals surface area contributed by atoms with Gasteiger partial charge in [0.1, 0.15) is 18.2 Å². The predicted molar refractivity (Wildman–Crippen MR) is 140 cm³/mol. The van der Waals surface area contributed by atoms with Gasteiger partial charge in [-0.25, -0.2) is 17.6 Å². The largest absolute Gasteiger partial charge is 0.489 e. The van der Waals surface area contributed by atoms with E-state index in [0.717, 1.165) is 19.3 Å². The van der Waals surface area contributed by atoms with Crippen LogP contribution in [0, 0.1) is 11.2 Å². The molecule has 2 unspecified atom stereocenters. The van der Waals surface area contributed by atoms with Crippen molar-refractivity contribution >= 4 is 38.9 Å². The fourth-order valence-electron chi connectivity index (χ4n) is 4.56. The summed E-state index contributed by atoms with van der Waals surface area (Å²) in [4.78, 5) is 14.1. The van der Waals surface area contributed by atoms with Crippen LogP contribution in [0.25, 0.3) is 0 Å². The molecule has 0 aromatic heterocycles. The normalized spacial score (nSPS) is 19.9. The minimum absolute atomic E-state index is 0.0188. The van der Waals surface area contributed by atoms with Crippen molar-refractivity contribution < 1.29 is 32.2 Å². The van der Waals surface area contributed by atoms with E-state index in [9.17, 15) is 22.7 Å². The summed E-state index contributed by atoms with van der Waals surface area (Å²) in [6.07, 6.45) is 3.92. The molecule has 1 aliphatic heterocycles. The van der Waals surface area contributed by atoms with Crippen LogP contribution in [0.3, 0.4) is 0 Å². The van der Waals surface area contributed by atoms with E-state index in [0.29, 0.717) is 29.2 Å². The lowest BCUT2D eigenvalue weighted by Gasteiger charge is -2.36. The van der Waals surface area contributed by atoms with Gasteiger partial charge in [-0.2, -0.15) is 0 Å². The molecule has 1 heterocycles. The molecule has 36 heavy (non-hydrogen) atoms. The Labute approximate surface area is 216 Å². The van der Waals surface area contributed by atoms with Crippen LogP contribution in [0.1, 0.15) is 39.5 Å². The lowest BCUT2D eigenvalue weighted by Crippen LogP contribution is -2.37. The van der Waals surface area contributed by atoms with E-state index in [-0.39, 0.29) is 28.8 Å². The zero-order chi connectivity index (χ0) is 26.5. The van der Waals surface area contributed by atoms with Gasteiger partial charge in [-0.05, 0) is 49.4 Å². The molecule has 0 saturated carbocycles. The van der Waals surface area contributed by atoms with Crippen LogP contribution >= 0.6 is 11.8 Å². The highest BCUT2D eigenvalue weighted by molar-refractivity contribution is 7.98. The summed E-state index contributed by atoms with van der Waals surface area (Å²) < 4.78 is 52.2. The highest BCUT2D eigenvalue weighted by Gasteiger charge is 2.42. The molecule has 0 spiro atoms. The minimum atomic E-state index is -3.74. The van der Waals surface area contributed by atoms with Gasteiger partial charge in [0, 0.05) is 30.8 Å². The maximum Gasteiger partial charge on any atom is 0.336 e. The van der Waals surface area contributed by atoms with Crippen molar-refractivity contribution in [2.24, 2.45) is 5.41 Å². The van der Waals surface area contributed by atoms with Crippen LogP contribution < -0.4 is 9.64 Å². The van der Waals surface area contributed by atoms with Gasteiger partial charge in [-0.1, -0.05) is 26.7 Å². The van der Waals surface area contributed by atoms with Gasteiger partial charge in [0.25, 0.3) is 0 Å². The maximum absolute atomic E-state index is 13.8. The van der Waals surface area contributed by atoms with Gasteiger partial charge in [0.15, 0.2) is 15.9 Å². The van der Waals surface area contributed by atoms with E-state index in [4.69, 9.17) is 9.47 Å². The first-order valence-corrected chi connectivity index (χ1v) is 14.8. The smallest absolute Gasteiger partial charge is 0.336 e. The number of nitrogens with zero attached hydrogens (tertiary/aromatic N) is 1. The molecule has 1 N–H and O–H groups in total. The number of unbranched alkanes of at least 4 members (excludes halogenated alkanes) is 1. The van der Waals surface area contributed by atoms with E-state index < -0.39 is 27.3 Å². The molecule has 2 atom stereocenters. The molecule has 198 valence electrons. The van der Waals surface area contributed by atoms with Crippen molar-refractivity contribution in [1.29, 1.82) is 0 Å². The molecule has 1 aliphatic rings. The number of methoxy groups -OCH3 is 1. The number of sulfone groups is 1. The van der Waals surface area contributed by atoms with Crippen molar-refractivity contribution in [3.05, 3.63) is 42.2 Å². The molecule has 2 aromatic rings. The minimum Gasteiger partial charge on any atom is -0.489 e. The van der Waals surface area contributed by atoms with Gasteiger partial charge in [0.05, 0.1) is 21.2 Å². The second kappa shape index (κ2) is 11.8. The number of carboxylic acid groups (broad SMARTS) is 1. The Balaban J connectivity index is 2.19. The van der Waals surface area contributed by atoms with Crippen molar-refractivity contribution in [2.45, 2.75) is 55.4 Å². The van der Waals surface area contributed by atoms with Crippen LogP contribution in [0.15, 0.2) is 46.2 Å². The number of aliphatic carboxylic acids is 1. The molecule has 0 bridgehead atoms. The first kappa shape index (κ1) is 28.3. The third-order valence-electron chi connectivity index (χ3n) is 6.76. The second-order valence-electron chi connectivity index (χ2n) is 9.12. The van der Waals surface area contributed by atoms with Crippen molar-refractivity contribution in [2.75, 3.05) is 37.2 Å². The predicted octanol–water partition coefficient (Wildman–Crippen LogP) is 5.54. The number of benzene rings is 2. The van der Waals surface area contributed by atoms with E-state index in [1.807, 2.05) is 18.1 Å². The van der Waals surface area contributed by atoms with Gasteiger partial charge in [0.2, 0.25) is 0 Å². The number of ether oxygens (including phenoxy) is 2. The molecular weight excluding hydrogens is 505 g/mol. The number of carbonyl (C=O) groups is 1. The number of rotatable bonds is 11. The van der Waals surface area contributed by atoms with E-state index in [2.05, 4.69) is 6.92 Å². The number of halogens is 1. The standard InChI is InChI=1S/C26H34FNO6S2/c1-5-7-12-26(6-2)16-28(19-10-8-18(27)9-11-19)20-13-23(35-4)21(14-24(20)36(31,32)17-26)34-15-22(33-3)25(29)30/h8-11,13-14,22H,5-7,12,15-17H2,1-4H3,(H,29,30). The number of thioether (sulfide) groups is 1. The van der Waals surface area contributed by atoms with Crippen LogP contribution in [0.4, 0.5) is 15.8 Å². The SMILES string of the molecule is CCCCC1(CC)CN(c2ccc(F)cc2)c2cc(SC)c(OCC(OC)C(=O)O)cc2S(=O)(=O)C1. The van der Waals surface area contributed by atoms with Crippen LogP contribution in [-0.4, -0.2) is 57.9 Å². The first-order valence-electron chi connectivity index (χ1n) is 12.0. The average molecular weight is 540 g/mol. The van der Waals surface area contributed by atoms with Crippen LogP contribution in [0.5, 0.6) is 5.75 Å². The summed E-state index contributed by atoms with van der Waals surface area (Å²) in [5, 5.41) is 9.29. The molecule has 0 fully saturated rings. The number of carboxylic acids is 1. The summed E-state index contributed by atoms with van der Waals surface area (Å²) in [6, 6.07) is 9.33. The van der Waals surface area contributed by atoms with Gasteiger partial charge >= 0.3 is 5.97 Å². The summed E-state index contributed by atoms with van der Waals surface area (Å²) in [7, 11) is -2.46. The highest BCUT2D eigenvalue weighted by atomic mass is 32.2. The third kappa shape index (κ3) is 6.15. The molecule has 0 aliphatic carbocycles. The van der Waals surface area contributed by atoms with E-state index in [1.54, 1.807) is 18.2 Å². The summed E-state index contributed by atoms with van der Waals surface area (Å²) in [5.74, 6) is -1.27. The average Bonchev–Trinajstić information content (AvgIpc) is 2.95. The summed E-state index contributed by atoms with van der Waals surface area (Å²) in [5.41, 5.74) is 0.717. The lowest BCUT2D eigenvalue weighted by atomic mass is 9.81. The number of hydrogen-bond acceptors (Lipinski definition) is 7. The Morgan fingerprint density at radius 1 is 1.25 bits per heavy atom. The zero-order valence-corrected chi connectivity index (χ0v) is 22.8. The molecule has 0 amide bonds. The van der Waals surface area contributed by atoms with Gasteiger partial charge < -0.3 is 19.5 Å². The lowest BCUT2D eigenvalue weighted by molar-refractivity contribution is -0.150. The second-order valence-corrected chi connectivity index (χ2v) is 11.9. The Morgan fingerprint density at radius 3 is 2.50 bits per heavy atom. The quantitative estimate of drug-likeness (QED) is 0.372. The maximum atomic E-state index is 13.8.